The first-order valence-corrected chi connectivity index (χ1v) is 8.41. The van der Waals surface area contributed by atoms with Crippen LogP contribution >= 0.6 is 0 Å². The maximum atomic E-state index is 13.4. The van der Waals surface area contributed by atoms with Gasteiger partial charge in [0.1, 0.15) is 11.5 Å². The smallest absolute Gasteiger partial charge is 0.278 e. The number of amides is 1. The lowest BCUT2D eigenvalue weighted by atomic mass is 10.1. The Bertz CT molecular complexity index is 1180. The number of pyridine rings is 1. The first-order valence-electron chi connectivity index (χ1n) is 8.41. The molecule has 0 unspecified atom stereocenters. The van der Waals surface area contributed by atoms with Crippen molar-refractivity contribution in [2.75, 3.05) is 5.32 Å². The number of rotatable bonds is 4. The lowest BCUT2D eigenvalue weighted by molar-refractivity contribution is 0.102. The molecule has 2 heterocycles. The van der Waals surface area contributed by atoms with E-state index in [1.165, 1.54) is 41.2 Å². The molecule has 2 aromatic heterocycles. The van der Waals surface area contributed by atoms with Crippen LogP contribution in [0.25, 0.3) is 16.9 Å². The number of carbonyl (C=O) groups excluding carboxylic acids is 1. The Kier molecular flexibility index (Phi) is 4.78. The van der Waals surface area contributed by atoms with Crippen LogP contribution in [0.5, 0.6) is 0 Å². The summed E-state index contributed by atoms with van der Waals surface area (Å²) in [5.41, 5.74) is 1.32. The van der Waals surface area contributed by atoms with Crippen molar-refractivity contribution >= 4 is 11.6 Å². The van der Waals surface area contributed by atoms with Gasteiger partial charge in [0.2, 0.25) is 0 Å². The highest BCUT2D eigenvalue weighted by Gasteiger charge is 2.23. The van der Waals surface area contributed by atoms with Gasteiger partial charge in [0, 0.05) is 29.7 Å². The summed E-state index contributed by atoms with van der Waals surface area (Å²) in [6, 6.07) is 11.9. The van der Waals surface area contributed by atoms with Crippen molar-refractivity contribution in [1.29, 1.82) is 0 Å². The van der Waals surface area contributed by atoms with E-state index in [0.717, 1.165) is 12.1 Å². The average molecular weight is 395 g/mol. The number of nitrogens with zero attached hydrogens (tertiary/aromatic N) is 4. The van der Waals surface area contributed by atoms with Gasteiger partial charge in [-0.2, -0.15) is 0 Å². The molecule has 0 spiro atoms. The topological polar surface area (TPSA) is 72.7 Å². The largest absolute Gasteiger partial charge is 0.320 e. The van der Waals surface area contributed by atoms with Crippen molar-refractivity contribution in [2.45, 2.75) is 0 Å². The minimum Gasteiger partial charge on any atom is -0.320 e. The highest BCUT2D eigenvalue weighted by molar-refractivity contribution is 6.06. The Morgan fingerprint density at radius 3 is 2.45 bits per heavy atom. The van der Waals surface area contributed by atoms with E-state index in [2.05, 4.69) is 20.6 Å². The Morgan fingerprint density at radius 1 is 0.966 bits per heavy atom. The third-order valence-electron chi connectivity index (χ3n) is 4.07. The van der Waals surface area contributed by atoms with E-state index < -0.39 is 23.4 Å². The molecule has 6 nitrogen and oxygen atoms in total. The zero-order valence-electron chi connectivity index (χ0n) is 14.7. The highest BCUT2D eigenvalue weighted by atomic mass is 19.2. The maximum Gasteiger partial charge on any atom is 0.278 e. The van der Waals surface area contributed by atoms with Crippen molar-refractivity contribution in [3.05, 3.63) is 90.1 Å². The summed E-state index contributed by atoms with van der Waals surface area (Å²) in [5.74, 6) is -3.22. The molecule has 1 N–H and O–H groups in total. The minimum absolute atomic E-state index is 0.0577. The van der Waals surface area contributed by atoms with Gasteiger partial charge in [0.25, 0.3) is 5.91 Å². The molecule has 1 amide bonds. The summed E-state index contributed by atoms with van der Waals surface area (Å²) in [7, 11) is 0. The van der Waals surface area contributed by atoms with Crippen LogP contribution in [0.3, 0.4) is 0 Å². The molecule has 2 aromatic carbocycles. The number of carbonyl (C=O) groups is 1. The first-order chi connectivity index (χ1) is 14.0. The van der Waals surface area contributed by atoms with Gasteiger partial charge < -0.3 is 5.32 Å². The molecule has 0 radical (unpaired) electrons. The van der Waals surface area contributed by atoms with Crippen LogP contribution in [0.4, 0.5) is 18.9 Å². The molecule has 0 saturated heterocycles. The van der Waals surface area contributed by atoms with Crippen LogP contribution in [-0.4, -0.2) is 25.9 Å². The molecule has 0 bridgehead atoms. The lowest BCUT2D eigenvalue weighted by Crippen LogP contribution is -2.14. The van der Waals surface area contributed by atoms with Gasteiger partial charge in [-0.3, -0.25) is 9.78 Å². The van der Waals surface area contributed by atoms with E-state index in [0.29, 0.717) is 16.9 Å². The second-order valence-corrected chi connectivity index (χ2v) is 6.00. The van der Waals surface area contributed by atoms with E-state index in [1.54, 1.807) is 18.3 Å². The molecular weight excluding hydrogens is 383 g/mol. The third kappa shape index (κ3) is 3.70. The van der Waals surface area contributed by atoms with Crippen LogP contribution in [0.15, 0.2) is 67.0 Å². The van der Waals surface area contributed by atoms with Crippen molar-refractivity contribution in [3.63, 3.8) is 0 Å². The second-order valence-electron chi connectivity index (χ2n) is 6.00. The molecule has 0 atom stereocenters. The number of halogens is 3. The molecule has 0 fully saturated rings. The van der Waals surface area contributed by atoms with E-state index in [9.17, 15) is 18.0 Å². The molecule has 0 aliphatic carbocycles. The van der Waals surface area contributed by atoms with Gasteiger partial charge in [-0.05, 0) is 48.5 Å². The van der Waals surface area contributed by atoms with Crippen molar-refractivity contribution in [1.82, 2.24) is 20.0 Å². The highest BCUT2D eigenvalue weighted by Crippen LogP contribution is 2.25. The van der Waals surface area contributed by atoms with Gasteiger partial charge >= 0.3 is 0 Å². The van der Waals surface area contributed by atoms with Gasteiger partial charge in [-0.15, -0.1) is 5.10 Å². The van der Waals surface area contributed by atoms with Crippen molar-refractivity contribution < 1.29 is 18.0 Å². The molecule has 9 heteroatoms. The first kappa shape index (κ1) is 18.4. The molecule has 0 saturated carbocycles. The number of anilines is 1. The fraction of sp³-hybridized carbons (Fsp3) is 0. The molecule has 4 aromatic rings. The minimum atomic E-state index is -1.09. The number of aromatic nitrogens is 4. The maximum absolute atomic E-state index is 13.4. The Balaban J connectivity index is 1.77. The summed E-state index contributed by atoms with van der Waals surface area (Å²) in [6.07, 6.45) is 3.09. The second kappa shape index (κ2) is 7.55. The summed E-state index contributed by atoms with van der Waals surface area (Å²) >= 11 is 0. The van der Waals surface area contributed by atoms with Gasteiger partial charge in [-0.25, -0.2) is 17.9 Å². The van der Waals surface area contributed by atoms with Crippen LogP contribution < -0.4 is 5.32 Å². The molecule has 0 aliphatic heterocycles. The standard InChI is InChI=1S/C20H12F3N5O/c21-13-3-6-15(7-4-13)28-19(12-2-1-9-24-11-12)18(26-27-28)20(29)25-14-5-8-16(22)17(23)10-14/h1-11H,(H,25,29). The summed E-state index contributed by atoms with van der Waals surface area (Å²) < 4.78 is 41.2. The van der Waals surface area contributed by atoms with Crippen LogP contribution in [0.2, 0.25) is 0 Å². The van der Waals surface area contributed by atoms with E-state index in [1.807, 2.05) is 0 Å². The van der Waals surface area contributed by atoms with Crippen LogP contribution in [0.1, 0.15) is 10.5 Å². The summed E-state index contributed by atoms with van der Waals surface area (Å²) in [5, 5.41) is 10.4. The fourth-order valence-electron chi connectivity index (χ4n) is 2.72. The summed E-state index contributed by atoms with van der Waals surface area (Å²) in [6.45, 7) is 0. The molecule has 29 heavy (non-hydrogen) atoms. The number of hydrogen-bond donors (Lipinski definition) is 1. The van der Waals surface area contributed by atoms with Gasteiger partial charge in [-0.1, -0.05) is 5.21 Å². The van der Waals surface area contributed by atoms with Crippen molar-refractivity contribution in [3.8, 4) is 16.9 Å². The van der Waals surface area contributed by atoms with Gasteiger partial charge in [0.15, 0.2) is 17.3 Å². The molecule has 0 aliphatic rings. The molecule has 144 valence electrons. The predicted octanol–water partition coefficient (Wildman–Crippen LogP) is 4.00. The lowest BCUT2D eigenvalue weighted by Gasteiger charge is -2.09. The third-order valence-corrected chi connectivity index (χ3v) is 4.07. The zero-order chi connectivity index (χ0) is 20.4. The number of hydrogen-bond acceptors (Lipinski definition) is 4. The SMILES string of the molecule is O=C(Nc1ccc(F)c(F)c1)c1nnn(-c2ccc(F)cc2)c1-c1cccnc1. The average Bonchev–Trinajstić information content (AvgIpc) is 3.17. The number of nitrogens with one attached hydrogen (secondary N) is 1. The Hall–Kier alpha value is -4.01. The Morgan fingerprint density at radius 2 is 1.76 bits per heavy atom. The summed E-state index contributed by atoms with van der Waals surface area (Å²) in [4.78, 5) is 16.8. The monoisotopic (exact) mass is 395 g/mol. The van der Waals surface area contributed by atoms with Gasteiger partial charge in [0.05, 0.1) is 5.69 Å². The number of benzene rings is 2. The quantitative estimate of drug-likeness (QED) is 0.567. The van der Waals surface area contributed by atoms with E-state index in [4.69, 9.17) is 0 Å². The molecular formula is C20H12F3N5O. The van der Waals surface area contributed by atoms with E-state index in [-0.39, 0.29) is 11.4 Å². The van der Waals surface area contributed by atoms with Crippen molar-refractivity contribution in [2.24, 2.45) is 0 Å². The Labute approximate surface area is 162 Å². The zero-order valence-corrected chi connectivity index (χ0v) is 14.7. The normalized spacial score (nSPS) is 10.7. The van der Waals surface area contributed by atoms with E-state index >= 15 is 0 Å². The predicted molar refractivity (Wildman–Crippen MR) is 98.9 cm³/mol. The fourth-order valence-corrected chi connectivity index (χ4v) is 2.72. The molecule has 4 rings (SSSR count). The van der Waals surface area contributed by atoms with Crippen LogP contribution in [0, 0.1) is 17.5 Å². The van der Waals surface area contributed by atoms with Crippen LogP contribution in [-0.2, 0) is 0 Å².